The van der Waals surface area contributed by atoms with E-state index in [1.165, 1.54) is 25.7 Å². The fourth-order valence-electron chi connectivity index (χ4n) is 3.26. The van der Waals surface area contributed by atoms with Gasteiger partial charge in [-0.2, -0.15) is 0 Å². The van der Waals surface area contributed by atoms with Gasteiger partial charge >= 0.3 is 5.97 Å². The Morgan fingerprint density at radius 1 is 1.25 bits per heavy atom. The molecule has 1 aliphatic heterocycles. The van der Waals surface area contributed by atoms with E-state index in [0.717, 1.165) is 26.1 Å². The summed E-state index contributed by atoms with van der Waals surface area (Å²) >= 11 is 0. The average molecular weight is 284 g/mol. The van der Waals surface area contributed by atoms with Crippen molar-refractivity contribution in [2.24, 2.45) is 11.1 Å². The Kier molecular flexibility index (Phi) is 6.46. The van der Waals surface area contributed by atoms with Crippen LogP contribution in [0.5, 0.6) is 0 Å². The van der Waals surface area contributed by atoms with Crippen molar-refractivity contribution in [3.63, 3.8) is 0 Å². The fourth-order valence-corrected chi connectivity index (χ4v) is 3.26. The van der Waals surface area contributed by atoms with Gasteiger partial charge in [0.25, 0.3) is 0 Å². The van der Waals surface area contributed by atoms with Crippen molar-refractivity contribution >= 4 is 5.97 Å². The summed E-state index contributed by atoms with van der Waals surface area (Å²) in [5.74, 6) is -0.866. The number of carboxylic acids is 1. The summed E-state index contributed by atoms with van der Waals surface area (Å²) < 4.78 is 0. The molecule has 1 heterocycles. The molecule has 0 bridgehead atoms. The molecular formula is C16H32N2O2. The van der Waals surface area contributed by atoms with E-state index in [1.54, 1.807) is 0 Å². The zero-order chi connectivity index (χ0) is 15.2. The number of carboxylic acid groups (broad SMARTS) is 1. The lowest BCUT2D eigenvalue weighted by atomic mass is 9.74. The molecule has 1 aliphatic rings. The average Bonchev–Trinajstić information content (AvgIpc) is 2.47. The lowest BCUT2D eigenvalue weighted by Gasteiger charge is -2.41. The third-order valence-corrected chi connectivity index (χ3v) is 5.57. The first-order valence-electron chi connectivity index (χ1n) is 8.16. The number of nitrogens with zero attached hydrogens (tertiary/aromatic N) is 1. The summed E-state index contributed by atoms with van der Waals surface area (Å²) in [7, 11) is 0. The molecule has 0 aromatic heterocycles. The molecule has 0 saturated carbocycles. The second kappa shape index (κ2) is 7.41. The molecule has 118 valence electrons. The van der Waals surface area contributed by atoms with E-state index >= 15 is 0 Å². The summed E-state index contributed by atoms with van der Waals surface area (Å²) in [6.07, 6.45) is 7.05. The highest BCUT2D eigenvalue weighted by atomic mass is 16.4. The molecule has 1 saturated heterocycles. The number of hydrogen-bond acceptors (Lipinski definition) is 3. The summed E-state index contributed by atoms with van der Waals surface area (Å²) in [5.41, 5.74) is 5.44. The van der Waals surface area contributed by atoms with Gasteiger partial charge in [-0.1, -0.05) is 33.6 Å². The molecule has 0 aliphatic carbocycles. The fraction of sp³-hybridized carbons (Fsp3) is 0.938. The standard InChI is InChI=1S/C16H32N2O2/c1-4-15(5-2)9-12-18(13-10-15)11-7-8-16(17,6-3)14(19)20/h4-13,17H2,1-3H3,(H,19,20). The predicted molar refractivity (Wildman–Crippen MR) is 82.8 cm³/mol. The van der Waals surface area contributed by atoms with Gasteiger partial charge in [-0.05, 0) is 57.2 Å². The summed E-state index contributed by atoms with van der Waals surface area (Å²) in [5, 5.41) is 9.16. The first kappa shape index (κ1) is 17.4. The van der Waals surface area contributed by atoms with Crippen molar-refractivity contribution in [2.45, 2.75) is 71.3 Å². The zero-order valence-corrected chi connectivity index (χ0v) is 13.5. The van der Waals surface area contributed by atoms with Crippen LogP contribution < -0.4 is 5.73 Å². The van der Waals surface area contributed by atoms with Crippen LogP contribution in [0.15, 0.2) is 0 Å². The highest BCUT2D eigenvalue weighted by molar-refractivity contribution is 5.78. The maximum absolute atomic E-state index is 11.2. The van der Waals surface area contributed by atoms with Gasteiger partial charge in [0.1, 0.15) is 5.54 Å². The number of rotatable bonds is 8. The lowest BCUT2D eigenvalue weighted by molar-refractivity contribution is -0.143. The van der Waals surface area contributed by atoms with E-state index < -0.39 is 11.5 Å². The van der Waals surface area contributed by atoms with Crippen LogP contribution >= 0.6 is 0 Å². The highest BCUT2D eigenvalue weighted by Gasteiger charge is 2.33. The Hall–Kier alpha value is -0.610. The number of hydrogen-bond donors (Lipinski definition) is 2. The van der Waals surface area contributed by atoms with Crippen LogP contribution in [0.1, 0.15) is 65.7 Å². The molecular weight excluding hydrogens is 252 g/mol. The number of likely N-dealkylation sites (tertiary alicyclic amines) is 1. The van der Waals surface area contributed by atoms with E-state index in [0.29, 0.717) is 18.3 Å². The molecule has 1 atom stereocenters. The monoisotopic (exact) mass is 284 g/mol. The quantitative estimate of drug-likeness (QED) is 0.719. The maximum Gasteiger partial charge on any atom is 0.323 e. The topological polar surface area (TPSA) is 66.6 Å². The Morgan fingerprint density at radius 3 is 2.20 bits per heavy atom. The van der Waals surface area contributed by atoms with E-state index in [1.807, 2.05) is 6.92 Å². The van der Waals surface area contributed by atoms with E-state index in [9.17, 15) is 4.79 Å². The molecule has 1 rings (SSSR count). The van der Waals surface area contributed by atoms with Crippen molar-refractivity contribution in [3.05, 3.63) is 0 Å². The van der Waals surface area contributed by atoms with Crippen molar-refractivity contribution in [1.82, 2.24) is 4.90 Å². The van der Waals surface area contributed by atoms with E-state index in [4.69, 9.17) is 10.8 Å². The van der Waals surface area contributed by atoms with Crippen molar-refractivity contribution in [2.75, 3.05) is 19.6 Å². The smallest absolute Gasteiger partial charge is 0.323 e. The SMILES string of the molecule is CCC1(CC)CCN(CCCC(N)(CC)C(=O)O)CC1. The van der Waals surface area contributed by atoms with Crippen LogP contribution in [0.4, 0.5) is 0 Å². The molecule has 1 unspecified atom stereocenters. The van der Waals surface area contributed by atoms with Crippen LogP contribution in [-0.2, 0) is 4.79 Å². The number of carbonyl (C=O) groups is 1. The predicted octanol–water partition coefficient (Wildman–Crippen LogP) is 2.86. The minimum atomic E-state index is -1.04. The first-order chi connectivity index (χ1) is 9.41. The van der Waals surface area contributed by atoms with Gasteiger partial charge in [-0.15, -0.1) is 0 Å². The minimum Gasteiger partial charge on any atom is -0.480 e. The molecule has 0 radical (unpaired) electrons. The molecule has 20 heavy (non-hydrogen) atoms. The van der Waals surface area contributed by atoms with Crippen molar-refractivity contribution in [1.29, 1.82) is 0 Å². The van der Waals surface area contributed by atoms with E-state index in [2.05, 4.69) is 18.7 Å². The Balaban J connectivity index is 2.33. The van der Waals surface area contributed by atoms with Gasteiger partial charge in [-0.3, -0.25) is 4.79 Å². The van der Waals surface area contributed by atoms with Gasteiger partial charge in [0.15, 0.2) is 0 Å². The van der Waals surface area contributed by atoms with Crippen molar-refractivity contribution < 1.29 is 9.90 Å². The number of nitrogens with two attached hydrogens (primary N) is 1. The van der Waals surface area contributed by atoms with Gasteiger partial charge in [-0.25, -0.2) is 0 Å². The third-order valence-electron chi connectivity index (χ3n) is 5.57. The van der Waals surface area contributed by atoms with Crippen LogP contribution in [-0.4, -0.2) is 41.1 Å². The normalized spacial score (nSPS) is 22.4. The molecule has 3 N–H and O–H groups in total. The molecule has 1 fully saturated rings. The summed E-state index contributed by atoms with van der Waals surface area (Å²) in [6.45, 7) is 9.74. The summed E-state index contributed by atoms with van der Waals surface area (Å²) in [6, 6.07) is 0. The second-order valence-electron chi connectivity index (χ2n) is 6.47. The Morgan fingerprint density at radius 2 is 1.80 bits per heavy atom. The summed E-state index contributed by atoms with van der Waals surface area (Å²) in [4.78, 5) is 13.6. The molecule has 0 spiro atoms. The first-order valence-corrected chi connectivity index (χ1v) is 8.16. The van der Waals surface area contributed by atoms with Crippen LogP contribution in [0, 0.1) is 5.41 Å². The Bertz CT molecular complexity index is 306. The molecule has 0 aromatic rings. The molecule has 0 amide bonds. The van der Waals surface area contributed by atoms with Crippen molar-refractivity contribution in [3.8, 4) is 0 Å². The zero-order valence-electron chi connectivity index (χ0n) is 13.5. The van der Waals surface area contributed by atoms with Gasteiger partial charge in [0.05, 0.1) is 0 Å². The molecule has 4 heteroatoms. The number of piperidine rings is 1. The highest BCUT2D eigenvalue weighted by Crippen LogP contribution is 2.37. The van der Waals surface area contributed by atoms with Crippen LogP contribution in [0.25, 0.3) is 0 Å². The minimum absolute atomic E-state index is 0.497. The van der Waals surface area contributed by atoms with Gasteiger partial charge in [0, 0.05) is 0 Å². The molecule has 4 nitrogen and oxygen atoms in total. The van der Waals surface area contributed by atoms with E-state index in [-0.39, 0.29) is 0 Å². The van der Waals surface area contributed by atoms with Crippen LogP contribution in [0.3, 0.4) is 0 Å². The lowest BCUT2D eigenvalue weighted by Crippen LogP contribution is -2.48. The number of aliphatic carboxylic acids is 1. The van der Waals surface area contributed by atoms with Gasteiger partial charge in [0.2, 0.25) is 0 Å². The third kappa shape index (κ3) is 4.19. The van der Waals surface area contributed by atoms with Gasteiger partial charge < -0.3 is 15.7 Å². The molecule has 0 aromatic carbocycles. The van der Waals surface area contributed by atoms with Crippen LogP contribution in [0.2, 0.25) is 0 Å². The maximum atomic E-state index is 11.2. The second-order valence-corrected chi connectivity index (χ2v) is 6.47. The Labute approximate surface area is 123 Å². The largest absolute Gasteiger partial charge is 0.480 e.